The van der Waals surface area contributed by atoms with Gasteiger partial charge in [-0.15, -0.1) is 0 Å². The quantitative estimate of drug-likeness (QED) is 0.643. The highest BCUT2D eigenvalue weighted by Crippen LogP contribution is 2.23. The van der Waals surface area contributed by atoms with Crippen LogP contribution in [0.2, 0.25) is 0 Å². The fraction of sp³-hybridized carbons (Fsp3) is 0.389. The van der Waals surface area contributed by atoms with Crippen molar-refractivity contribution in [2.45, 2.75) is 13.0 Å². The minimum absolute atomic E-state index is 0.307. The molecule has 3 aromatic heterocycles. The van der Waals surface area contributed by atoms with Crippen molar-refractivity contribution < 1.29 is 9.13 Å². The van der Waals surface area contributed by atoms with Gasteiger partial charge in [0, 0.05) is 32.4 Å². The van der Waals surface area contributed by atoms with Crippen LogP contribution in [0.15, 0.2) is 31.0 Å². The van der Waals surface area contributed by atoms with E-state index in [1.165, 1.54) is 0 Å². The highest BCUT2D eigenvalue weighted by atomic mass is 19.1. The van der Waals surface area contributed by atoms with Gasteiger partial charge in [0.05, 0.1) is 38.0 Å². The molecule has 2 N–H and O–H groups in total. The molecule has 0 amide bonds. The Bertz CT molecular complexity index is 956. The first-order valence-corrected chi connectivity index (χ1v) is 9.27. The smallest absolute Gasteiger partial charge is 0.227 e. The molecule has 4 rings (SSSR count). The van der Waals surface area contributed by atoms with Crippen molar-refractivity contribution in [1.29, 1.82) is 0 Å². The molecule has 1 fully saturated rings. The molecule has 1 saturated heterocycles. The predicted octanol–water partition coefficient (Wildman–Crippen LogP) is 1.89. The number of nitrogens with zero attached hydrogens (tertiary/aromatic N) is 7. The van der Waals surface area contributed by atoms with E-state index in [-0.39, 0.29) is 6.04 Å². The number of aromatic nitrogens is 6. The molecule has 0 aliphatic carbocycles. The van der Waals surface area contributed by atoms with Crippen molar-refractivity contribution in [3.05, 3.63) is 42.6 Å². The Balaban J connectivity index is 1.60. The standard InChI is InChI=1S/C18H22FN9O/c1-12(17-20-8-13(19)9-21-17)23-18-25-14(24-15-10-27(2)11-22-15)7-16(26-18)28-3-5-29-6-4-28/h7-12H,3-6H2,1-2H3,(H2,23,24,25,26)/t12-/m1/s1. The fourth-order valence-electron chi connectivity index (χ4n) is 2.93. The van der Waals surface area contributed by atoms with Gasteiger partial charge < -0.3 is 24.8 Å². The fourth-order valence-corrected chi connectivity index (χ4v) is 2.93. The second-order valence-corrected chi connectivity index (χ2v) is 6.71. The van der Waals surface area contributed by atoms with Gasteiger partial charge in [-0.1, -0.05) is 0 Å². The van der Waals surface area contributed by atoms with Gasteiger partial charge in [-0.2, -0.15) is 9.97 Å². The normalized spacial score (nSPS) is 15.2. The summed E-state index contributed by atoms with van der Waals surface area (Å²) in [5.41, 5.74) is 0. The van der Waals surface area contributed by atoms with Crippen molar-refractivity contribution in [1.82, 2.24) is 29.5 Å². The summed E-state index contributed by atoms with van der Waals surface area (Å²) >= 11 is 0. The van der Waals surface area contributed by atoms with E-state index in [2.05, 4.69) is 40.5 Å². The third kappa shape index (κ3) is 4.74. The van der Waals surface area contributed by atoms with E-state index in [0.29, 0.717) is 36.6 Å². The van der Waals surface area contributed by atoms with Crippen LogP contribution in [0.4, 0.5) is 27.8 Å². The van der Waals surface area contributed by atoms with Crippen molar-refractivity contribution in [3.8, 4) is 0 Å². The molecule has 1 atom stereocenters. The van der Waals surface area contributed by atoms with Crippen molar-refractivity contribution in [2.24, 2.45) is 7.05 Å². The maximum absolute atomic E-state index is 13.1. The molecule has 29 heavy (non-hydrogen) atoms. The maximum atomic E-state index is 13.1. The second-order valence-electron chi connectivity index (χ2n) is 6.71. The van der Waals surface area contributed by atoms with Crippen LogP contribution in [-0.4, -0.2) is 55.8 Å². The van der Waals surface area contributed by atoms with E-state index in [1.54, 1.807) is 6.33 Å². The van der Waals surface area contributed by atoms with E-state index in [1.807, 2.05) is 30.8 Å². The minimum atomic E-state index is -0.478. The van der Waals surface area contributed by atoms with Crippen LogP contribution in [0.5, 0.6) is 0 Å². The van der Waals surface area contributed by atoms with Gasteiger partial charge >= 0.3 is 0 Å². The minimum Gasteiger partial charge on any atom is -0.378 e. The average Bonchev–Trinajstić information content (AvgIpc) is 3.13. The number of anilines is 4. The zero-order valence-corrected chi connectivity index (χ0v) is 16.2. The number of rotatable bonds is 6. The first-order chi connectivity index (χ1) is 14.1. The Hall–Kier alpha value is -3.34. The summed E-state index contributed by atoms with van der Waals surface area (Å²) in [6.45, 7) is 4.65. The summed E-state index contributed by atoms with van der Waals surface area (Å²) < 4.78 is 20.4. The first kappa shape index (κ1) is 19.0. The molecule has 0 bridgehead atoms. The molecule has 0 radical (unpaired) electrons. The molecule has 0 aromatic carbocycles. The number of hydrogen-bond donors (Lipinski definition) is 2. The van der Waals surface area contributed by atoms with Gasteiger partial charge in [0.1, 0.15) is 23.3 Å². The van der Waals surface area contributed by atoms with Gasteiger partial charge in [0.15, 0.2) is 5.82 Å². The zero-order valence-electron chi connectivity index (χ0n) is 16.2. The summed E-state index contributed by atoms with van der Waals surface area (Å²) in [6.07, 6.45) is 5.84. The van der Waals surface area contributed by atoms with Crippen LogP contribution < -0.4 is 15.5 Å². The largest absolute Gasteiger partial charge is 0.378 e. The maximum Gasteiger partial charge on any atom is 0.227 e. The third-order valence-corrected chi connectivity index (χ3v) is 4.38. The highest BCUT2D eigenvalue weighted by molar-refractivity contribution is 5.59. The molecule has 1 aliphatic rings. The second kappa shape index (κ2) is 8.35. The number of morpholine rings is 1. The van der Waals surface area contributed by atoms with Crippen molar-refractivity contribution in [3.63, 3.8) is 0 Å². The van der Waals surface area contributed by atoms with E-state index < -0.39 is 5.82 Å². The molecule has 11 heteroatoms. The highest BCUT2D eigenvalue weighted by Gasteiger charge is 2.17. The van der Waals surface area contributed by atoms with Crippen LogP contribution in [0.3, 0.4) is 0 Å². The van der Waals surface area contributed by atoms with Crippen LogP contribution in [0, 0.1) is 5.82 Å². The average molecular weight is 399 g/mol. The van der Waals surface area contributed by atoms with Gasteiger partial charge in [0.2, 0.25) is 5.95 Å². The van der Waals surface area contributed by atoms with Crippen molar-refractivity contribution in [2.75, 3.05) is 41.8 Å². The summed E-state index contributed by atoms with van der Waals surface area (Å²) in [6, 6.07) is 1.57. The number of imidazole rings is 1. The van der Waals surface area contributed by atoms with Gasteiger partial charge in [0.25, 0.3) is 0 Å². The summed E-state index contributed by atoms with van der Waals surface area (Å²) in [7, 11) is 1.90. The number of nitrogens with one attached hydrogen (secondary N) is 2. The topological polar surface area (TPSA) is 106 Å². The van der Waals surface area contributed by atoms with Crippen LogP contribution in [0.1, 0.15) is 18.8 Å². The number of hydrogen-bond acceptors (Lipinski definition) is 9. The molecule has 10 nitrogen and oxygen atoms in total. The molecule has 1 aliphatic heterocycles. The van der Waals surface area contributed by atoms with E-state index >= 15 is 0 Å². The Morgan fingerprint density at radius 1 is 1.10 bits per heavy atom. The first-order valence-electron chi connectivity index (χ1n) is 9.27. The van der Waals surface area contributed by atoms with Gasteiger partial charge in [-0.3, -0.25) is 0 Å². The molecular formula is C18H22FN9O. The molecule has 152 valence electrons. The zero-order chi connectivity index (χ0) is 20.2. The lowest BCUT2D eigenvalue weighted by atomic mass is 10.3. The summed E-state index contributed by atoms with van der Waals surface area (Å²) in [5, 5.41) is 6.40. The summed E-state index contributed by atoms with van der Waals surface area (Å²) in [5.74, 6) is 2.44. The molecule has 3 aromatic rings. The van der Waals surface area contributed by atoms with Gasteiger partial charge in [-0.25, -0.2) is 19.3 Å². The molecule has 0 unspecified atom stereocenters. The molecule has 0 spiro atoms. The Morgan fingerprint density at radius 2 is 1.86 bits per heavy atom. The predicted molar refractivity (Wildman–Crippen MR) is 106 cm³/mol. The Labute approximate surface area is 167 Å². The Kier molecular flexibility index (Phi) is 5.47. The van der Waals surface area contributed by atoms with E-state index in [0.717, 1.165) is 31.3 Å². The molecule has 4 heterocycles. The lowest BCUT2D eigenvalue weighted by molar-refractivity contribution is 0.122. The van der Waals surface area contributed by atoms with Gasteiger partial charge in [-0.05, 0) is 6.92 Å². The van der Waals surface area contributed by atoms with E-state index in [4.69, 9.17) is 4.74 Å². The van der Waals surface area contributed by atoms with E-state index in [9.17, 15) is 4.39 Å². The Morgan fingerprint density at radius 3 is 2.55 bits per heavy atom. The van der Waals surface area contributed by atoms with Crippen molar-refractivity contribution >= 4 is 23.4 Å². The number of aryl methyl sites for hydroxylation is 1. The number of halogens is 1. The third-order valence-electron chi connectivity index (χ3n) is 4.38. The summed E-state index contributed by atoms with van der Waals surface area (Å²) in [4.78, 5) is 23.6. The number of ether oxygens (including phenoxy) is 1. The van der Waals surface area contributed by atoms with Crippen LogP contribution >= 0.6 is 0 Å². The molecule has 0 saturated carbocycles. The molecular weight excluding hydrogens is 377 g/mol. The SMILES string of the molecule is C[C@@H](Nc1nc(Nc2cn(C)cn2)cc(N2CCOCC2)n1)c1ncc(F)cn1. The van der Waals surface area contributed by atoms with Crippen LogP contribution in [0.25, 0.3) is 0 Å². The lowest BCUT2D eigenvalue weighted by Gasteiger charge is -2.28. The van der Waals surface area contributed by atoms with Crippen LogP contribution in [-0.2, 0) is 11.8 Å². The lowest BCUT2D eigenvalue weighted by Crippen LogP contribution is -2.37. The monoisotopic (exact) mass is 399 g/mol.